The Bertz CT molecular complexity index is 1130. The van der Waals surface area contributed by atoms with E-state index in [9.17, 15) is 4.79 Å². The Kier molecular flexibility index (Phi) is 4.98. The number of benzene rings is 2. The molecule has 0 bridgehead atoms. The van der Waals surface area contributed by atoms with Gasteiger partial charge in [0.25, 0.3) is 6.01 Å². The Morgan fingerprint density at radius 3 is 2.76 bits per heavy atom. The van der Waals surface area contributed by atoms with E-state index in [2.05, 4.69) is 15.3 Å². The number of rotatable bonds is 7. The molecule has 146 valence electrons. The molecule has 0 amide bonds. The van der Waals surface area contributed by atoms with Gasteiger partial charge in [0.1, 0.15) is 5.75 Å². The van der Waals surface area contributed by atoms with Crippen LogP contribution in [0.1, 0.15) is 5.56 Å². The molecule has 0 aliphatic heterocycles. The van der Waals surface area contributed by atoms with Gasteiger partial charge in [-0.25, -0.2) is 9.97 Å². The third-order valence-corrected chi connectivity index (χ3v) is 4.28. The molecule has 2 aromatic heterocycles. The van der Waals surface area contributed by atoms with Crippen molar-refractivity contribution < 1.29 is 23.5 Å². The smallest absolute Gasteiger partial charge is 0.307 e. The fraction of sp³-hybridized carbons (Fsp3) is 0.0952. The summed E-state index contributed by atoms with van der Waals surface area (Å²) in [7, 11) is 1.57. The SMILES string of the molecule is COc1cc(Nc2ncc(-c3ccccc3CC(=O)O)o2)ccc1-c1cnco1. The summed E-state index contributed by atoms with van der Waals surface area (Å²) in [6.07, 6.45) is 4.43. The molecule has 4 aromatic rings. The fourth-order valence-corrected chi connectivity index (χ4v) is 2.98. The van der Waals surface area contributed by atoms with E-state index in [0.717, 1.165) is 5.56 Å². The first-order valence-corrected chi connectivity index (χ1v) is 8.74. The van der Waals surface area contributed by atoms with Crippen molar-refractivity contribution in [1.29, 1.82) is 0 Å². The van der Waals surface area contributed by atoms with Crippen LogP contribution in [-0.4, -0.2) is 28.2 Å². The van der Waals surface area contributed by atoms with E-state index in [0.29, 0.717) is 34.1 Å². The highest BCUT2D eigenvalue weighted by Crippen LogP contribution is 2.34. The molecule has 0 atom stereocenters. The van der Waals surface area contributed by atoms with E-state index in [1.165, 1.54) is 6.39 Å². The standard InChI is InChI=1S/C21H17N3O5/c1-27-17-9-14(6-7-16(17)18-10-22-12-28-18)24-21-23-11-19(29-21)15-5-3-2-4-13(15)8-20(25)26/h2-7,9-12H,8H2,1H3,(H,23,24)(H,25,26). The summed E-state index contributed by atoms with van der Waals surface area (Å²) in [5.41, 5.74) is 2.82. The normalized spacial score (nSPS) is 10.7. The molecule has 8 heteroatoms. The van der Waals surface area contributed by atoms with Crippen molar-refractivity contribution >= 4 is 17.7 Å². The van der Waals surface area contributed by atoms with Gasteiger partial charge in [-0.3, -0.25) is 4.79 Å². The lowest BCUT2D eigenvalue weighted by atomic mass is 10.0. The zero-order chi connectivity index (χ0) is 20.2. The first-order chi connectivity index (χ1) is 14.1. The molecule has 2 aromatic carbocycles. The summed E-state index contributed by atoms with van der Waals surface area (Å²) < 4.78 is 16.6. The average molecular weight is 391 g/mol. The van der Waals surface area contributed by atoms with Gasteiger partial charge in [0.2, 0.25) is 0 Å². The van der Waals surface area contributed by atoms with Gasteiger partial charge in [0.15, 0.2) is 17.9 Å². The lowest BCUT2D eigenvalue weighted by Gasteiger charge is -2.09. The van der Waals surface area contributed by atoms with E-state index in [1.54, 1.807) is 43.8 Å². The Hall–Kier alpha value is -4.07. The zero-order valence-electron chi connectivity index (χ0n) is 15.5. The van der Waals surface area contributed by atoms with E-state index >= 15 is 0 Å². The molecule has 0 saturated heterocycles. The van der Waals surface area contributed by atoms with Crippen molar-refractivity contribution in [3.8, 4) is 28.4 Å². The second-order valence-corrected chi connectivity index (χ2v) is 6.16. The second-order valence-electron chi connectivity index (χ2n) is 6.16. The van der Waals surface area contributed by atoms with Crippen LogP contribution < -0.4 is 10.1 Å². The molecular formula is C21H17N3O5. The Labute approximate surface area is 165 Å². The highest BCUT2D eigenvalue weighted by Gasteiger charge is 2.14. The molecule has 0 saturated carbocycles. The molecule has 4 rings (SSSR count). The Balaban J connectivity index is 1.58. The van der Waals surface area contributed by atoms with Gasteiger partial charge in [-0.15, -0.1) is 0 Å². The maximum absolute atomic E-state index is 11.1. The van der Waals surface area contributed by atoms with Gasteiger partial charge in [-0.05, 0) is 17.7 Å². The predicted octanol–water partition coefficient (Wildman–Crippen LogP) is 4.38. The summed E-state index contributed by atoms with van der Waals surface area (Å²) in [6, 6.07) is 12.9. The van der Waals surface area contributed by atoms with Crippen LogP contribution in [0.5, 0.6) is 5.75 Å². The molecule has 0 unspecified atom stereocenters. The minimum atomic E-state index is -0.908. The van der Waals surface area contributed by atoms with Gasteiger partial charge >= 0.3 is 5.97 Å². The van der Waals surface area contributed by atoms with Crippen LogP contribution in [0.2, 0.25) is 0 Å². The number of aliphatic carboxylic acids is 1. The zero-order valence-corrected chi connectivity index (χ0v) is 15.5. The van der Waals surface area contributed by atoms with Crippen LogP contribution >= 0.6 is 0 Å². The van der Waals surface area contributed by atoms with E-state index in [-0.39, 0.29) is 12.4 Å². The van der Waals surface area contributed by atoms with Crippen molar-refractivity contribution in [2.45, 2.75) is 6.42 Å². The number of carboxylic acid groups (broad SMARTS) is 1. The molecule has 29 heavy (non-hydrogen) atoms. The highest BCUT2D eigenvalue weighted by atomic mass is 16.5. The number of carboxylic acids is 1. The number of methoxy groups -OCH3 is 1. The number of hydrogen-bond donors (Lipinski definition) is 2. The van der Waals surface area contributed by atoms with Crippen LogP contribution in [0.25, 0.3) is 22.6 Å². The fourth-order valence-electron chi connectivity index (χ4n) is 2.98. The molecule has 0 spiro atoms. The van der Waals surface area contributed by atoms with Crippen molar-refractivity contribution in [3.05, 3.63) is 66.8 Å². The lowest BCUT2D eigenvalue weighted by molar-refractivity contribution is -0.136. The summed E-state index contributed by atoms with van der Waals surface area (Å²) >= 11 is 0. The summed E-state index contributed by atoms with van der Waals surface area (Å²) in [6.45, 7) is 0. The first kappa shape index (κ1) is 18.3. The van der Waals surface area contributed by atoms with Crippen LogP contribution in [0, 0.1) is 0 Å². The first-order valence-electron chi connectivity index (χ1n) is 8.74. The maximum Gasteiger partial charge on any atom is 0.307 e. The average Bonchev–Trinajstić information content (AvgIpc) is 3.40. The van der Waals surface area contributed by atoms with Crippen LogP contribution in [0.4, 0.5) is 11.7 Å². The Morgan fingerprint density at radius 2 is 2.00 bits per heavy atom. The van der Waals surface area contributed by atoms with Crippen LogP contribution in [0.15, 0.2) is 70.1 Å². The van der Waals surface area contributed by atoms with Crippen molar-refractivity contribution in [2.24, 2.45) is 0 Å². The van der Waals surface area contributed by atoms with Crippen LogP contribution in [-0.2, 0) is 11.2 Å². The molecule has 0 aliphatic carbocycles. The quantitative estimate of drug-likeness (QED) is 0.478. The van der Waals surface area contributed by atoms with Gasteiger partial charge in [0.05, 0.1) is 31.5 Å². The van der Waals surface area contributed by atoms with Crippen molar-refractivity contribution in [1.82, 2.24) is 9.97 Å². The van der Waals surface area contributed by atoms with Gasteiger partial charge in [0, 0.05) is 17.3 Å². The number of carbonyl (C=O) groups is 1. The van der Waals surface area contributed by atoms with E-state index < -0.39 is 5.97 Å². The van der Waals surface area contributed by atoms with Gasteiger partial charge in [-0.1, -0.05) is 24.3 Å². The van der Waals surface area contributed by atoms with Crippen molar-refractivity contribution in [3.63, 3.8) is 0 Å². The third kappa shape index (κ3) is 3.96. The maximum atomic E-state index is 11.1. The van der Waals surface area contributed by atoms with Crippen LogP contribution in [0.3, 0.4) is 0 Å². The number of ether oxygens (including phenoxy) is 1. The minimum absolute atomic E-state index is 0.0973. The number of aromatic nitrogens is 2. The minimum Gasteiger partial charge on any atom is -0.496 e. The third-order valence-electron chi connectivity index (χ3n) is 4.28. The van der Waals surface area contributed by atoms with Crippen molar-refractivity contribution in [2.75, 3.05) is 12.4 Å². The number of hydrogen-bond acceptors (Lipinski definition) is 7. The summed E-state index contributed by atoms with van der Waals surface area (Å²) in [4.78, 5) is 19.3. The number of nitrogens with one attached hydrogen (secondary N) is 1. The summed E-state index contributed by atoms with van der Waals surface area (Å²) in [5, 5.41) is 12.2. The molecular weight excluding hydrogens is 374 g/mol. The highest BCUT2D eigenvalue weighted by molar-refractivity contribution is 5.75. The molecule has 0 radical (unpaired) electrons. The topological polar surface area (TPSA) is 111 Å². The van der Waals surface area contributed by atoms with E-state index in [1.807, 2.05) is 18.2 Å². The van der Waals surface area contributed by atoms with Gasteiger partial charge < -0.3 is 24.0 Å². The van der Waals surface area contributed by atoms with Gasteiger partial charge in [-0.2, -0.15) is 0 Å². The number of nitrogens with zero attached hydrogens (tertiary/aromatic N) is 2. The largest absolute Gasteiger partial charge is 0.496 e. The lowest BCUT2D eigenvalue weighted by Crippen LogP contribution is -2.01. The summed E-state index contributed by atoms with van der Waals surface area (Å²) in [5.74, 6) is 0.774. The number of oxazole rings is 2. The molecule has 2 N–H and O–H groups in total. The second kappa shape index (κ2) is 7.89. The monoisotopic (exact) mass is 391 g/mol. The van der Waals surface area contributed by atoms with E-state index in [4.69, 9.17) is 18.7 Å². The number of anilines is 2. The Morgan fingerprint density at radius 1 is 1.14 bits per heavy atom. The molecule has 8 nitrogen and oxygen atoms in total. The predicted molar refractivity (Wildman–Crippen MR) is 105 cm³/mol. The molecule has 0 fully saturated rings. The molecule has 2 heterocycles. The molecule has 0 aliphatic rings.